The monoisotopic (exact) mass is 422 g/mol. The van der Waals surface area contributed by atoms with E-state index in [1.807, 2.05) is 6.92 Å². The number of nitrogens with one attached hydrogen (secondary N) is 1. The number of hydrogen-bond donors (Lipinski definition) is 1. The number of esters is 1. The van der Waals surface area contributed by atoms with Crippen LogP contribution in [0.4, 0.5) is 0 Å². The Hall–Kier alpha value is -3.64. The molecule has 0 saturated carbocycles. The van der Waals surface area contributed by atoms with E-state index >= 15 is 0 Å². The van der Waals surface area contributed by atoms with Crippen molar-refractivity contribution in [3.05, 3.63) is 94.5 Å². The molecule has 0 aliphatic rings. The summed E-state index contributed by atoms with van der Waals surface area (Å²) in [5.74, 6) is 0.288. The van der Waals surface area contributed by atoms with Gasteiger partial charge in [0.2, 0.25) is 0 Å². The molecule has 0 heterocycles. The van der Waals surface area contributed by atoms with Gasteiger partial charge in [0.15, 0.2) is 0 Å². The summed E-state index contributed by atoms with van der Waals surface area (Å²) in [7, 11) is 0. The molecule has 0 atom stereocenters. The second-order valence-corrected chi connectivity index (χ2v) is 6.56. The minimum atomic E-state index is -0.463. The molecule has 0 unspecified atom stereocenters. The zero-order valence-corrected chi connectivity index (χ0v) is 16.9. The lowest BCUT2D eigenvalue weighted by Gasteiger charge is -2.06. The van der Waals surface area contributed by atoms with Crippen molar-refractivity contribution in [2.45, 2.75) is 6.92 Å². The van der Waals surface area contributed by atoms with Crippen LogP contribution in [-0.4, -0.2) is 24.7 Å². The van der Waals surface area contributed by atoms with Crippen molar-refractivity contribution >= 4 is 29.7 Å². The number of carbonyl (C=O) groups excluding carboxylic acids is 2. The fourth-order valence-electron chi connectivity index (χ4n) is 2.47. The number of ether oxygens (including phenoxy) is 2. The third-order valence-corrected chi connectivity index (χ3v) is 4.23. The Morgan fingerprint density at radius 1 is 0.900 bits per heavy atom. The second kappa shape index (κ2) is 10.2. The van der Waals surface area contributed by atoms with Crippen LogP contribution in [0.3, 0.4) is 0 Å². The molecule has 0 bridgehead atoms. The Morgan fingerprint density at radius 3 is 2.13 bits per heavy atom. The van der Waals surface area contributed by atoms with Crippen molar-refractivity contribution in [1.82, 2.24) is 5.43 Å². The van der Waals surface area contributed by atoms with Crippen LogP contribution >= 0.6 is 11.6 Å². The molecule has 152 valence electrons. The summed E-state index contributed by atoms with van der Waals surface area (Å²) in [5, 5.41) is 4.48. The third kappa shape index (κ3) is 5.93. The Kier molecular flexibility index (Phi) is 7.19. The number of hydrogen-bond acceptors (Lipinski definition) is 5. The van der Waals surface area contributed by atoms with Crippen LogP contribution in [0.25, 0.3) is 0 Å². The maximum Gasteiger partial charge on any atom is 0.343 e. The molecule has 0 radical (unpaired) electrons. The first-order chi connectivity index (χ1) is 14.5. The summed E-state index contributed by atoms with van der Waals surface area (Å²) in [6, 6.07) is 20.0. The van der Waals surface area contributed by atoms with E-state index in [9.17, 15) is 9.59 Å². The molecular formula is C23H19ClN2O4. The van der Waals surface area contributed by atoms with Crippen LogP contribution in [-0.2, 0) is 0 Å². The van der Waals surface area contributed by atoms with Crippen LogP contribution in [0, 0.1) is 0 Å². The Balaban J connectivity index is 1.54. The summed E-state index contributed by atoms with van der Waals surface area (Å²) in [4.78, 5) is 24.2. The number of rotatable bonds is 7. The molecule has 1 N–H and O–H groups in total. The largest absolute Gasteiger partial charge is 0.494 e. The molecule has 0 aliphatic heterocycles. The van der Waals surface area contributed by atoms with Crippen LogP contribution in [0.2, 0.25) is 5.02 Å². The number of carbonyl (C=O) groups is 2. The highest BCUT2D eigenvalue weighted by atomic mass is 35.5. The van der Waals surface area contributed by atoms with E-state index in [1.54, 1.807) is 72.8 Å². The number of amides is 1. The standard InChI is InChI=1S/C23H19ClN2O4/c1-2-29-20-13-7-18(8-14-20)23(28)30-21-11-3-16(4-12-21)15-25-26-22(27)17-5-9-19(24)10-6-17/h3-15H,2H2,1H3,(H,26,27)/b25-15-. The van der Waals surface area contributed by atoms with Gasteiger partial charge >= 0.3 is 5.97 Å². The van der Waals surface area contributed by atoms with Gasteiger partial charge in [-0.05, 0) is 85.3 Å². The lowest BCUT2D eigenvalue weighted by Crippen LogP contribution is -2.17. The lowest BCUT2D eigenvalue weighted by atomic mass is 10.2. The molecule has 3 rings (SSSR count). The molecule has 3 aromatic carbocycles. The maximum absolute atomic E-state index is 12.2. The highest BCUT2D eigenvalue weighted by Gasteiger charge is 2.09. The predicted molar refractivity (Wildman–Crippen MR) is 116 cm³/mol. The quantitative estimate of drug-likeness (QED) is 0.258. The van der Waals surface area contributed by atoms with Gasteiger partial charge < -0.3 is 9.47 Å². The van der Waals surface area contributed by atoms with E-state index < -0.39 is 5.97 Å². The topological polar surface area (TPSA) is 77.0 Å². The number of benzene rings is 3. The Bertz CT molecular complexity index is 1030. The molecular weight excluding hydrogens is 404 g/mol. The summed E-state index contributed by atoms with van der Waals surface area (Å²) < 4.78 is 10.7. The molecule has 30 heavy (non-hydrogen) atoms. The van der Waals surface area contributed by atoms with E-state index in [-0.39, 0.29) is 5.91 Å². The van der Waals surface area contributed by atoms with Crippen molar-refractivity contribution in [2.24, 2.45) is 5.10 Å². The number of nitrogens with zero attached hydrogens (tertiary/aromatic N) is 1. The van der Waals surface area contributed by atoms with Gasteiger partial charge in [-0.25, -0.2) is 10.2 Å². The predicted octanol–water partition coefficient (Wildman–Crippen LogP) is 4.72. The SMILES string of the molecule is CCOc1ccc(C(=O)Oc2ccc(/C=N\NC(=O)c3ccc(Cl)cc3)cc2)cc1. The molecule has 0 spiro atoms. The van der Waals surface area contributed by atoms with E-state index in [0.717, 1.165) is 5.56 Å². The third-order valence-electron chi connectivity index (χ3n) is 3.98. The average molecular weight is 423 g/mol. The fraction of sp³-hybridized carbons (Fsp3) is 0.0870. The normalized spacial score (nSPS) is 10.6. The van der Waals surface area contributed by atoms with Gasteiger partial charge in [-0.3, -0.25) is 4.79 Å². The smallest absolute Gasteiger partial charge is 0.343 e. The highest BCUT2D eigenvalue weighted by Crippen LogP contribution is 2.16. The van der Waals surface area contributed by atoms with Gasteiger partial charge in [-0.15, -0.1) is 0 Å². The molecule has 3 aromatic rings. The summed E-state index contributed by atoms with van der Waals surface area (Å²) in [6.45, 7) is 2.45. The van der Waals surface area contributed by atoms with Crippen molar-refractivity contribution < 1.29 is 19.1 Å². The van der Waals surface area contributed by atoms with Crippen molar-refractivity contribution in [3.8, 4) is 11.5 Å². The first-order valence-electron chi connectivity index (χ1n) is 9.19. The molecule has 0 aliphatic carbocycles. The fourth-order valence-corrected chi connectivity index (χ4v) is 2.60. The van der Waals surface area contributed by atoms with Crippen LogP contribution < -0.4 is 14.9 Å². The van der Waals surface area contributed by atoms with Gasteiger partial charge in [0, 0.05) is 10.6 Å². The van der Waals surface area contributed by atoms with E-state index in [2.05, 4.69) is 10.5 Å². The maximum atomic E-state index is 12.2. The van der Waals surface area contributed by atoms with Gasteiger partial charge in [0.1, 0.15) is 11.5 Å². The lowest BCUT2D eigenvalue weighted by molar-refractivity contribution is 0.0734. The molecule has 0 saturated heterocycles. The molecule has 6 nitrogen and oxygen atoms in total. The van der Waals surface area contributed by atoms with Gasteiger partial charge in [-0.2, -0.15) is 5.10 Å². The molecule has 0 fully saturated rings. The molecule has 0 aromatic heterocycles. The Morgan fingerprint density at radius 2 is 1.50 bits per heavy atom. The van der Waals surface area contributed by atoms with E-state index in [1.165, 1.54) is 6.21 Å². The summed E-state index contributed by atoms with van der Waals surface area (Å²) in [5.41, 5.74) is 4.05. The van der Waals surface area contributed by atoms with Crippen LogP contribution in [0.15, 0.2) is 77.9 Å². The van der Waals surface area contributed by atoms with Crippen molar-refractivity contribution in [3.63, 3.8) is 0 Å². The van der Waals surface area contributed by atoms with Crippen molar-refractivity contribution in [1.29, 1.82) is 0 Å². The van der Waals surface area contributed by atoms with Gasteiger partial charge in [0.25, 0.3) is 5.91 Å². The van der Waals surface area contributed by atoms with E-state index in [4.69, 9.17) is 21.1 Å². The van der Waals surface area contributed by atoms with Gasteiger partial charge in [0.05, 0.1) is 18.4 Å². The number of hydrazone groups is 1. The molecule has 7 heteroatoms. The highest BCUT2D eigenvalue weighted by molar-refractivity contribution is 6.30. The second-order valence-electron chi connectivity index (χ2n) is 6.12. The summed E-state index contributed by atoms with van der Waals surface area (Å²) >= 11 is 5.80. The van der Waals surface area contributed by atoms with Crippen LogP contribution in [0.5, 0.6) is 11.5 Å². The zero-order valence-electron chi connectivity index (χ0n) is 16.2. The first-order valence-corrected chi connectivity index (χ1v) is 9.57. The van der Waals surface area contributed by atoms with Crippen molar-refractivity contribution in [2.75, 3.05) is 6.61 Å². The first kappa shape index (κ1) is 21.1. The van der Waals surface area contributed by atoms with E-state index in [0.29, 0.717) is 34.3 Å². The average Bonchev–Trinajstić information content (AvgIpc) is 2.76. The minimum absolute atomic E-state index is 0.344. The zero-order chi connectivity index (χ0) is 21.3. The van der Waals surface area contributed by atoms with Crippen LogP contribution in [0.1, 0.15) is 33.2 Å². The number of halogens is 1. The minimum Gasteiger partial charge on any atom is -0.494 e. The molecule has 1 amide bonds. The summed E-state index contributed by atoms with van der Waals surface area (Å²) in [6.07, 6.45) is 1.49. The van der Waals surface area contributed by atoms with Gasteiger partial charge in [-0.1, -0.05) is 11.6 Å². The Labute approximate surface area is 179 Å².